The van der Waals surface area contributed by atoms with Crippen molar-refractivity contribution in [3.05, 3.63) is 29.8 Å². The standard InChI is InChI=1S/C18H23N3O4S/c1-3-15-9-4-5-10-21(15)16(22)12-26(23,24)18-20-19-17(25-18)14-8-6-7-13(2)11-14/h6-8,11,15H,3-5,9-10,12H2,1-2H3. The summed E-state index contributed by atoms with van der Waals surface area (Å²) >= 11 is 0. The average Bonchev–Trinajstić information content (AvgIpc) is 3.12. The Balaban J connectivity index is 1.77. The molecule has 0 N–H and O–H groups in total. The van der Waals surface area contributed by atoms with Gasteiger partial charge in [-0.05, 0) is 44.7 Å². The molecule has 0 aliphatic carbocycles. The van der Waals surface area contributed by atoms with Gasteiger partial charge in [-0.3, -0.25) is 4.79 Å². The molecule has 1 aliphatic rings. The number of aryl methyl sites for hydroxylation is 1. The number of amides is 1. The molecule has 1 amide bonds. The van der Waals surface area contributed by atoms with Gasteiger partial charge in [-0.2, -0.15) is 0 Å². The number of nitrogens with zero attached hydrogens (tertiary/aromatic N) is 3. The fraction of sp³-hybridized carbons (Fsp3) is 0.500. The Morgan fingerprint density at radius 1 is 1.31 bits per heavy atom. The summed E-state index contributed by atoms with van der Waals surface area (Å²) < 4.78 is 30.4. The Hall–Kier alpha value is -2.22. The number of benzene rings is 1. The second-order valence-electron chi connectivity index (χ2n) is 6.65. The third-order valence-corrected chi connectivity index (χ3v) is 5.99. The fourth-order valence-corrected chi connectivity index (χ4v) is 4.28. The van der Waals surface area contributed by atoms with E-state index in [1.807, 2.05) is 32.0 Å². The molecule has 0 spiro atoms. The molecule has 2 heterocycles. The normalized spacial score (nSPS) is 18.1. The number of hydrogen-bond acceptors (Lipinski definition) is 6. The van der Waals surface area contributed by atoms with E-state index in [0.29, 0.717) is 12.1 Å². The summed E-state index contributed by atoms with van der Waals surface area (Å²) in [5, 5.41) is 6.97. The van der Waals surface area contributed by atoms with Gasteiger partial charge < -0.3 is 9.32 Å². The SMILES string of the molecule is CCC1CCCCN1C(=O)CS(=O)(=O)c1nnc(-c2cccc(C)c2)o1. The topological polar surface area (TPSA) is 93.4 Å². The number of piperidine rings is 1. The van der Waals surface area contributed by atoms with Crippen molar-refractivity contribution in [3.63, 3.8) is 0 Å². The second kappa shape index (κ2) is 7.57. The molecule has 1 unspecified atom stereocenters. The van der Waals surface area contributed by atoms with Crippen LogP contribution in [0.25, 0.3) is 11.5 Å². The summed E-state index contributed by atoms with van der Waals surface area (Å²) in [6.45, 7) is 4.53. The van der Waals surface area contributed by atoms with Crippen molar-refractivity contribution < 1.29 is 17.6 Å². The molecule has 1 saturated heterocycles. The first-order valence-electron chi connectivity index (χ1n) is 8.83. The zero-order chi connectivity index (χ0) is 18.7. The predicted molar refractivity (Wildman–Crippen MR) is 96.2 cm³/mol. The van der Waals surface area contributed by atoms with Crippen LogP contribution in [0.4, 0.5) is 0 Å². The van der Waals surface area contributed by atoms with Crippen LogP contribution >= 0.6 is 0 Å². The van der Waals surface area contributed by atoms with Crippen LogP contribution in [0.15, 0.2) is 33.9 Å². The Morgan fingerprint density at radius 3 is 2.85 bits per heavy atom. The molecular weight excluding hydrogens is 354 g/mol. The molecule has 1 atom stereocenters. The van der Waals surface area contributed by atoms with Crippen molar-refractivity contribution in [2.75, 3.05) is 12.3 Å². The van der Waals surface area contributed by atoms with E-state index in [9.17, 15) is 13.2 Å². The molecule has 7 nitrogen and oxygen atoms in total. The smallest absolute Gasteiger partial charge is 0.336 e. The van der Waals surface area contributed by atoms with Gasteiger partial charge in [0.1, 0.15) is 5.75 Å². The van der Waals surface area contributed by atoms with Crippen LogP contribution in [0.5, 0.6) is 0 Å². The number of carbonyl (C=O) groups excluding carboxylic acids is 1. The van der Waals surface area contributed by atoms with E-state index < -0.39 is 26.7 Å². The highest BCUT2D eigenvalue weighted by Crippen LogP contribution is 2.23. The van der Waals surface area contributed by atoms with Gasteiger partial charge in [-0.15, -0.1) is 5.10 Å². The molecule has 3 rings (SSSR count). The minimum atomic E-state index is -3.97. The minimum absolute atomic E-state index is 0.108. The number of sulfone groups is 1. The molecule has 140 valence electrons. The summed E-state index contributed by atoms with van der Waals surface area (Å²) in [6.07, 6.45) is 3.71. The van der Waals surface area contributed by atoms with Crippen molar-refractivity contribution in [2.45, 2.75) is 50.8 Å². The summed E-state index contributed by atoms with van der Waals surface area (Å²) in [4.78, 5) is 14.2. The van der Waals surface area contributed by atoms with Crippen molar-refractivity contribution >= 4 is 15.7 Å². The van der Waals surface area contributed by atoms with Gasteiger partial charge in [-0.25, -0.2) is 8.42 Å². The van der Waals surface area contributed by atoms with Gasteiger partial charge in [0.25, 0.3) is 0 Å². The molecule has 0 bridgehead atoms. The molecule has 1 aliphatic heterocycles. The fourth-order valence-electron chi connectivity index (χ4n) is 3.29. The van der Waals surface area contributed by atoms with E-state index in [2.05, 4.69) is 10.2 Å². The zero-order valence-electron chi connectivity index (χ0n) is 15.0. The van der Waals surface area contributed by atoms with Gasteiger partial charge in [0.15, 0.2) is 0 Å². The molecule has 0 radical (unpaired) electrons. The highest BCUT2D eigenvalue weighted by atomic mass is 32.2. The molecule has 26 heavy (non-hydrogen) atoms. The zero-order valence-corrected chi connectivity index (χ0v) is 15.8. The molecule has 1 fully saturated rings. The van der Waals surface area contributed by atoms with Crippen LogP contribution in [-0.4, -0.2) is 47.8 Å². The van der Waals surface area contributed by atoms with Crippen LogP contribution in [0.1, 0.15) is 38.2 Å². The van der Waals surface area contributed by atoms with Gasteiger partial charge in [-0.1, -0.05) is 29.7 Å². The second-order valence-corrected chi connectivity index (χ2v) is 8.51. The highest BCUT2D eigenvalue weighted by Gasteiger charge is 2.32. The highest BCUT2D eigenvalue weighted by molar-refractivity contribution is 7.91. The maximum atomic E-state index is 12.5. The number of carbonyl (C=O) groups is 1. The molecule has 0 saturated carbocycles. The van der Waals surface area contributed by atoms with E-state index in [0.717, 1.165) is 31.2 Å². The first-order chi connectivity index (χ1) is 12.4. The largest absolute Gasteiger partial charge is 0.408 e. The minimum Gasteiger partial charge on any atom is -0.408 e. The van der Waals surface area contributed by atoms with Crippen molar-refractivity contribution in [3.8, 4) is 11.5 Å². The van der Waals surface area contributed by atoms with E-state index in [1.165, 1.54) is 0 Å². The van der Waals surface area contributed by atoms with Crippen LogP contribution in [0.3, 0.4) is 0 Å². The number of aromatic nitrogens is 2. The number of hydrogen-bond donors (Lipinski definition) is 0. The average molecular weight is 377 g/mol. The van der Waals surface area contributed by atoms with E-state index in [4.69, 9.17) is 4.42 Å². The van der Waals surface area contributed by atoms with E-state index in [-0.39, 0.29) is 11.9 Å². The summed E-state index contributed by atoms with van der Waals surface area (Å²) in [7, 11) is -3.97. The van der Waals surface area contributed by atoms with Gasteiger partial charge in [0.2, 0.25) is 21.6 Å². The maximum Gasteiger partial charge on any atom is 0.336 e. The summed E-state index contributed by atoms with van der Waals surface area (Å²) in [6, 6.07) is 7.44. The van der Waals surface area contributed by atoms with Crippen molar-refractivity contribution in [2.24, 2.45) is 0 Å². The van der Waals surface area contributed by atoms with Gasteiger partial charge >= 0.3 is 5.22 Å². The lowest BCUT2D eigenvalue weighted by Crippen LogP contribution is -2.45. The van der Waals surface area contributed by atoms with E-state index >= 15 is 0 Å². The number of rotatable bonds is 5. The Morgan fingerprint density at radius 2 is 2.12 bits per heavy atom. The van der Waals surface area contributed by atoms with Crippen molar-refractivity contribution in [1.82, 2.24) is 15.1 Å². The van der Waals surface area contributed by atoms with Crippen LogP contribution < -0.4 is 0 Å². The Labute approximate surface area is 153 Å². The number of likely N-dealkylation sites (tertiary alicyclic amines) is 1. The van der Waals surface area contributed by atoms with Gasteiger partial charge in [0.05, 0.1) is 0 Å². The maximum absolute atomic E-state index is 12.5. The predicted octanol–water partition coefficient (Wildman–Crippen LogP) is 2.61. The lowest BCUT2D eigenvalue weighted by atomic mass is 10.0. The third kappa shape index (κ3) is 3.95. The molecule has 1 aromatic carbocycles. The summed E-state index contributed by atoms with van der Waals surface area (Å²) in [5.41, 5.74) is 1.64. The quantitative estimate of drug-likeness (QED) is 0.795. The lowest BCUT2D eigenvalue weighted by Gasteiger charge is -2.35. The van der Waals surface area contributed by atoms with Crippen LogP contribution in [0.2, 0.25) is 0 Å². The first kappa shape index (κ1) is 18.6. The lowest BCUT2D eigenvalue weighted by molar-refractivity contribution is -0.132. The molecule has 1 aromatic heterocycles. The van der Waals surface area contributed by atoms with Crippen molar-refractivity contribution in [1.29, 1.82) is 0 Å². The monoisotopic (exact) mass is 377 g/mol. The Kier molecular flexibility index (Phi) is 5.41. The molecule has 2 aromatic rings. The van der Waals surface area contributed by atoms with Crippen LogP contribution in [0, 0.1) is 6.92 Å². The van der Waals surface area contributed by atoms with Gasteiger partial charge in [0, 0.05) is 18.2 Å². The first-order valence-corrected chi connectivity index (χ1v) is 10.5. The molecule has 8 heteroatoms. The third-order valence-electron chi connectivity index (χ3n) is 4.67. The van der Waals surface area contributed by atoms with Crippen LogP contribution in [-0.2, 0) is 14.6 Å². The van der Waals surface area contributed by atoms with E-state index in [1.54, 1.807) is 11.0 Å². The molecular formula is C18H23N3O4S. The summed E-state index contributed by atoms with van der Waals surface area (Å²) in [5.74, 6) is -0.908. The Bertz CT molecular complexity index is 891.